The molecule has 0 unspecified atom stereocenters. The number of likely N-dealkylation sites (tertiary alicyclic amines) is 1. The second-order valence-corrected chi connectivity index (χ2v) is 7.69. The maximum atomic E-state index is 12.9. The highest BCUT2D eigenvalue weighted by Crippen LogP contribution is 2.30. The number of hydrogen-bond acceptors (Lipinski definition) is 4. The summed E-state index contributed by atoms with van der Waals surface area (Å²) in [6.45, 7) is 0.696. The van der Waals surface area contributed by atoms with E-state index in [-0.39, 0.29) is 12.5 Å². The monoisotopic (exact) mass is 414 g/mol. The highest BCUT2D eigenvalue weighted by Gasteiger charge is 2.35. The molecular weight excluding hydrogens is 392 g/mol. The van der Waals surface area contributed by atoms with Crippen molar-refractivity contribution in [3.63, 3.8) is 0 Å². The van der Waals surface area contributed by atoms with E-state index in [1.165, 1.54) is 4.90 Å². The second-order valence-electron chi connectivity index (χ2n) is 7.69. The van der Waals surface area contributed by atoms with E-state index in [1.807, 2.05) is 72.8 Å². The Morgan fingerprint density at radius 1 is 0.968 bits per heavy atom. The zero-order chi connectivity index (χ0) is 21.2. The van der Waals surface area contributed by atoms with E-state index in [2.05, 4.69) is 5.32 Å². The molecule has 1 N–H and O–H groups in total. The van der Waals surface area contributed by atoms with E-state index < -0.39 is 12.1 Å². The zero-order valence-electron chi connectivity index (χ0n) is 16.9. The SMILES string of the molecule is O=C(Nc1ccc2c(c1)oc1ccccc12)[C@H]1CCCN1C(=O)OCc1ccccc1. The van der Waals surface area contributed by atoms with Gasteiger partial charge in [0.05, 0.1) is 0 Å². The largest absolute Gasteiger partial charge is 0.456 e. The molecule has 1 aliphatic rings. The van der Waals surface area contributed by atoms with Gasteiger partial charge in [0.2, 0.25) is 5.91 Å². The van der Waals surface area contributed by atoms with Gasteiger partial charge in [0, 0.05) is 29.1 Å². The van der Waals surface area contributed by atoms with Crippen LogP contribution in [0.5, 0.6) is 0 Å². The topological polar surface area (TPSA) is 71.8 Å². The summed E-state index contributed by atoms with van der Waals surface area (Å²) in [5, 5.41) is 4.97. The van der Waals surface area contributed by atoms with Gasteiger partial charge in [-0.25, -0.2) is 4.79 Å². The summed E-state index contributed by atoms with van der Waals surface area (Å²) >= 11 is 0. The van der Waals surface area contributed by atoms with Crippen LogP contribution in [0.3, 0.4) is 0 Å². The van der Waals surface area contributed by atoms with Crippen LogP contribution >= 0.6 is 0 Å². The van der Waals surface area contributed by atoms with Crippen molar-refractivity contribution in [1.29, 1.82) is 0 Å². The predicted molar refractivity (Wildman–Crippen MR) is 119 cm³/mol. The number of amides is 2. The number of carbonyl (C=O) groups is 2. The molecular formula is C25H22N2O4. The molecule has 156 valence electrons. The average Bonchev–Trinajstić information content (AvgIpc) is 3.43. The lowest BCUT2D eigenvalue weighted by Gasteiger charge is -2.23. The average molecular weight is 414 g/mol. The Hall–Kier alpha value is -3.80. The maximum absolute atomic E-state index is 12.9. The van der Waals surface area contributed by atoms with Gasteiger partial charge >= 0.3 is 6.09 Å². The van der Waals surface area contributed by atoms with E-state index in [0.29, 0.717) is 24.2 Å². The molecule has 0 bridgehead atoms. The van der Waals surface area contributed by atoms with Gasteiger partial charge in [-0.2, -0.15) is 0 Å². The van der Waals surface area contributed by atoms with E-state index >= 15 is 0 Å². The normalized spacial score (nSPS) is 16.0. The minimum atomic E-state index is -0.547. The van der Waals surface area contributed by atoms with Crippen molar-refractivity contribution in [2.24, 2.45) is 0 Å². The van der Waals surface area contributed by atoms with Crippen LogP contribution in [0.1, 0.15) is 18.4 Å². The lowest BCUT2D eigenvalue weighted by molar-refractivity contribution is -0.120. The van der Waals surface area contributed by atoms with Crippen LogP contribution in [0.4, 0.5) is 10.5 Å². The van der Waals surface area contributed by atoms with E-state index in [0.717, 1.165) is 28.3 Å². The standard InChI is InChI=1S/C25H22N2O4/c28-24(21-10-6-14-27(21)25(29)30-16-17-7-2-1-3-8-17)26-18-12-13-20-19-9-4-5-11-22(19)31-23(20)15-18/h1-5,7-9,11-13,15,21H,6,10,14,16H2,(H,26,28)/t21-/m1/s1. The smallest absolute Gasteiger partial charge is 0.410 e. The molecule has 0 radical (unpaired) electrons. The first-order valence-electron chi connectivity index (χ1n) is 10.4. The Balaban J connectivity index is 1.27. The number of fused-ring (bicyclic) bond motifs is 3. The molecule has 6 nitrogen and oxygen atoms in total. The van der Waals surface area contributed by atoms with Crippen molar-refractivity contribution in [3.05, 3.63) is 78.4 Å². The summed E-state index contributed by atoms with van der Waals surface area (Å²) in [5.41, 5.74) is 3.07. The Labute approximate surface area is 179 Å². The molecule has 1 fully saturated rings. The lowest BCUT2D eigenvalue weighted by Crippen LogP contribution is -2.43. The highest BCUT2D eigenvalue weighted by molar-refractivity contribution is 6.06. The van der Waals surface area contributed by atoms with Crippen molar-refractivity contribution < 1.29 is 18.7 Å². The predicted octanol–water partition coefficient (Wildman–Crippen LogP) is 5.33. The van der Waals surface area contributed by atoms with E-state index in [4.69, 9.17) is 9.15 Å². The quantitative estimate of drug-likeness (QED) is 0.490. The third-order valence-corrected chi connectivity index (χ3v) is 5.64. The number of carbonyl (C=O) groups excluding carboxylic acids is 2. The van der Waals surface area contributed by atoms with Crippen LogP contribution in [0.25, 0.3) is 21.9 Å². The van der Waals surface area contributed by atoms with Crippen molar-refractivity contribution in [2.75, 3.05) is 11.9 Å². The number of furan rings is 1. The van der Waals surface area contributed by atoms with Gasteiger partial charge in [0.15, 0.2) is 0 Å². The summed E-state index contributed by atoms with van der Waals surface area (Å²) in [5.74, 6) is -0.218. The fourth-order valence-corrected chi connectivity index (χ4v) is 4.09. The lowest BCUT2D eigenvalue weighted by atomic mass is 10.1. The highest BCUT2D eigenvalue weighted by atomic mass is 16.6. The number of nitrogens with one attached hydrogen (secondary N) is 1. The third kappa shape index (κ3) is 3.84. The molecule has 3 aromatic carbocycles. The molecule has 5 rings (SSSR count). The second kappa shape index (κ2) is 8.14. The van der Waals surface area contributed by atoms with Gasteiger partial charge in [-0.3, -0.25) is 9.69 Å². The van der Waals surface area contributed by atoms with Gasteiger partial charge in [-0.1, -0.05) is 48.5 Å². The first kappa shape index (κ1) is 19.2. The van der Waals surface area contributed by atoms with Gasteiger partial charge in [-0.05, 0) is 36.6 Å². The number of nitrogens with zero attached hydrogens (tertiary/aromatic N) is 1. The van der Waals surface area contributed by atoms with Crippen LogP contribution < -0.4 is 5.32 Å². The first-order chi connectivity index (χ1) is 15.2. The van der Waals surface area contributed by atoms with E-state index in [1.54, 1.807) is 0 Å². The summed E-state index contributed by atoms with van der Waals surface area (Å²) in [7, 11) is 0. The Morgan fingerprint density at radius 3 is 2.61 bits per heavy atom. The Bertz CT molecular complexity index is 1250. The molecule has 1 aliphatic heterocycles. The molecule has 31 heavy (non-hydrogen) atoms. The molecule has 1 atom stereocenters. The summed E-state index contributed by atoms with van der Waals surface area (Å²) in [6.07, 6.45) is 0.912. The Morgan fingerprint density at radius 2 is 1.74 bits per heavy atom. The molecule has 4 aromatic rings. The van der Waals surface area contributed by atoms with Crippen LogP contribution in [-0.4, -0.2) is 29.5 Å². The molecule has 0 spiro atoms. The first-order valence-corrected chi connectivity index (χ1v) is 10.4. The minimum absolute atomic E-state index is 0.188. The van der Waals surface area contributed by atoms with Gasteiger partial charge in [-0.15, -0.1) is 0 Å². The summed E-state index contributed by atoms with van der Waals surface area (Å²) in [6, 6.07) is 22.4. The molecule has 1 aromatic heterocycles. The number of hydrogen-bond donors (Lipinski definition) is 1. The van der Waals surface area contributed by atoms with Gasteiger partial charge in [0.1, 0.15) is 23.8 Å². The zero-order valence-corrected chi connectivity index (χ0v) is 16.9. The van der Waals surface area contributed by atoms with E-state index in [9.17, 15) is 9.59 Å². The fraction of sp³-hybridized carbons (Fsp3) is 0.200. The van der Waals surface area contributed by atoms with Gasteiger partial charge in [0.25, 0.3) is 0 Å². The van der Waals surface area contributed by atoms with Crippen LogP contribution in [0.2, 0.25) is 0 Å². The Kier molecular flexibility index (Phi) is 5.04. The number of rotatable bonds is 4. The molecule has 1 saturated heterocycles. The molecule has 6 heteroatoms. The molecule has 2 heterocycles. The molecule has 0 saturated carbocycles. The third-order valence-electron chi connectivity index (χ3n) is 5.64. The minimum Gasteiger partial charge on any atom is -0.456 e. The fourth-order valence-electron chi connectivity index (χ4n) is 4.09. The maximum Gasteiger partial charge on any atom is 0.410 e. The summed E-state index contributed by atoms with van der Waals surface area (Å²) < 4.78 is 11.3. The van der Waals surface area contributed by atoms with Gasteiger partial charge < -0.3 is 14.5 Å². The van der Waals surface area contributed by atoms with Crippen LogP contribution in [-0.2, 0) is 16.1 Å². The number of ether oxygens (including phenoxy) is 1. The van der Waals surface area contributed by atoms with Crippen molar-refractivity contribution in [2.45, 2.75) is 25.5 Å². The van der Waals surface area contributed by atoms with Crippen molar-refractivity contribution in [3.8, 4) is 0 Å². The molecule has 0 aliphatic carbocycles. The van der Waals surface area contributed by atoms with Crippen LogP contribution in [0, 0.1) is 0 Å². The van der Waals surface area contributed by atoms with Crippen molar-refractivity contribution >= 4 is 39.6 Å². The van der Waals surface area contributed by atoms with Crippen LogP contribution in [0.15, 0.2) is 77.2 Å². The molecule has 2 amide bonds. The van der Waals surface area contributed by atoms with Crippen molar-refractivity contribution in [1.82, 2.24) is 4.90 Å². The number of anilines is 1. The number of benzene rings is 3. The summed E-state index contributed by atoms with van der Waals surface area (Å²) in [4.78, 5) is 27.0. The number of para-hydroxylation sites is 1.